The maximum Gasteiger partial charge on any atom is 0.339 e. The topological polar surface area (TPSA) is 313 Å². The summed E-state index contributed by atoms with van der Waals surface area (Å²) in [6.07, 6.45) is -0.937. The number of nitrogens with zero attached hydrogens (tertiary/aromatic N) is 5. The maximum atomic E-state index is 13.3. The average Bonchev–Trinajstić information content (AvgIpc) is 3.02. The zero-order valence-electron chi connectivity index (χ0n) is 30.3. The number of aliphatic carboxylic acids is 2. The first-order valence-corrected chi connectivity index (χ1v) is 21.0. The second kappa shape index (κ2) is 25.5. The highest BCUT2D eigenvalue weighted by Gasteiger charge is 2.28. The number of aliphatic hydroxyl groups excluding tert-OH is 1. The SMILES string of the molecule is CCN1CCN(CC(=O)O)CCN(CC(=O)O)CCN(CC(=O)N[C@H](CCCCNC(=O)CN(CP(=O)(O)O)CP(=O)(O)O)C(=O)NCCCO)CC1. The van der Waals surface area contributed by atoms with Crippen LogP contribution in [0, 0.1) is 0 Å². The Morgan fingerprint density at radius 1 is 0.660 bits per heavy atom. The normalized spacial score (nSPS) is 17.0. The molecule has 0 aromatic heterocycles. The highest BCUT2D eigenvalue weighted by molar-refractivity contribution is 7.52. The summed E-state index contributed by atoms with van der Waals surface area (Å²) in [7, 11) is -9.43. The number of hydrogen-bond acceptors (Lipinski definition) is 13. The fourth-order valence-corrected chi connectivity index (χ4v) is 7.10. The summed E-state index contributed by atoms with van der Waals surface area (Å²) < 4.78 is 22.7. The van der Waals surface area contributed by atoms with Crippen LogP contribution in [-0.4, -0.2) is 212 Å². The van der Waals surface area contributed by atoms with Gasteiger partial charge in [-0.25, -0.2) is 0 Å². The Bertz CT molecular complexity index is 1230. The molecule has 0 aliphatic carbocycles. The van der Waals surface area contributed by atoms with Crippen molar-refractivity contribution in [2.75, 3.05) is 117 Å². The molecular formula is C29H58N8O14P2. The molecule has 0 saturated carbocycles. The largest absolute Gasteiger partial charge is 0.480 e. The van der Waals surface area contributed by atoms with E-state index in [9.17, 15) is 62.9 Å². The number of nitrogens with one attached hydrogen (secondary N) is 3. The molecule has 1 atom stereocenters. The van der Waals surface area contributed by atoms with Crippen molar-refractivity contribution in [3.05, 3.63) is 0 Å². The molecule has 3 amide bonds. The first-order chi connectivity index (χ1) is 24.8. The number of unbranched alkanes of at least 4 members (excludes halogenated alkanes) is 1. The van der Waals surface area contributed by atoms with Crippen LogP contribution in [0.2, 0.25) is 0 Å². The number of carbonyl (C=O) groups is 5. The first-order valence-electron chi connectivity index (χ1n) is 17.4. The lowest BCUT2D eigenvalue weighted by Crippen LogP contribution is -2.52. The molecule has 22 nitrogen and oxygen atoms in total. The Balaban J connectivity index is 2.89. The van der Waals surface area contributed by atoms with Crippen LogP contribution in [0.5, 0.6) is 0 Å². The van der Waals surface area contributed by atoms with Gasteiger partial charge in [0.25, 0.3) is 0 Å². The van der Waals surface area contributed by atoms with Crippen LogP contribution < -0.4 is 16.0 Å². The second-order valence-electron chi connectivity index (χ2n) is 12.8. The van der Waals surface area contributed by atoms with Gasteiger partial charge in [-0.1, -0.05) is 6.92 Å². The monoisotopic (exact) mass is 804 g/mol. The van der Waals surface area contributed by atoms with Crippen molar-refractivity contribution < 1.29 is 68.0 Å². The zero-order chi connectivity index (χ0) is 40.0. The third-order valence-corrected chi connectivity index (χ3v) is 9.66. The molecule has 10 N–H and O–H groups in total. The Hall–Kier alpha value is -2.59. The van der Waals surface area contributed by atoms with E-state index in [0.29, 0.717) is 83.1 Å². The lowest BCUT2D eigenvalue weighted by atomic mass is 10.1. The van der Waals surface area contributed by atoms with E-state index in [0.717, 1.165) is 0 Å². The lowest BCUT2D eigenvalue weighted by Gasteiger charge is -2.33. The second-order valence-corrected chi connectivity index (χ2v) is 16.0. The summed E-state index contributed by atoms with van der Waals surface area (Å²) in [6.45, 7) is 4.81. The Labute approximate surface area is 309 Å². The molecule has 24 heteroatoms. The summed E-state index contributed by atoms with van der Waals surface area (Å²) in [5.74, 6) is -3.68. The van der Waals surface area contributed by atoms with Crippen LogP contribution in [0.25, 0.3) is 0 Å². The minimum absolute atomic E-state index is 0.0634. The van der Waals surface area contributed by atoms with Crippen LogP contribution in [-0.2, 0) is 33.1 Å². The molecule has 53 heavy (non-hydrogen) atoms. The third-order valence-electron chi connectivity index (χ3n) is 8.13. The number of aliphatic hydroxyl groups is 1. The smallest absolute Gasteiger partial charge is 0.339 e. The molecule has 0 unspecified atom stereocenters. The van der Waals surface area contributed by atoms with E-state index in [1.807, 2.05) is 11.8 Å². The van der Waals surface area contributed by atoms with E-state index in [4.69, 9.17) is 5.11 Å². The number of carbonyl (C=O) groups excluding carboxylic acids is 3. The molecule has 1 heterocycles. The van der Waals surface area contributed by atoms with Crippen molar-refractivity contribution in [2.24, 2.45) is 0 Å². The number of rotatable bonds is 23. The Morgan fingerprint density at radius 2 is 1.11 bits per heavy atom. The number of carboxylic acid groups (broad SMARTS) is 2. The Morgan fingerprint density at radius 3 is 1.55 bits per heavy atom. The van der Waals surface area contributed by atoms with Crippen molar-refractivity contribution in [3.63, 3.8) is 0 Å². The summed E-state index contributed by atoms with van der Waals surface area (Å²) in [4.78, 5) is 106. The van der Waals surface area contributed by atoms with Gasteiger partial charge in [-0.15, -0.1) is 0 Å². The predicted molar refractivity (Wildman–Crippen MR) is 191 cm³/mol. The van der Waals surface area contributed by atoms with Gasteiger partial charge in [0.1, 0.15) is 18.6 Å². The maximum absolute atomic E-state index is 13.3. The molecule has 0 spiro atoms. The minimum Gasteiger partial charge on any atom is -0.480 e. The van der Waals surface area contributed by atoms with Gasteiger partial charge in [0.2, 0.25) is 17.7 Å². The fraction of sp³-hybridized carbons (Fsp3) is 0.828. The van der Waals surface area contributed by atoms with Gasteiger partial charge < -0.3 is 55.7 Å². The minimum atomic E-state index is -4.72. The Kier molecular flexibility index (Phi) is 23.3. The molecule has 0 radical (unpaired) electrons. The quantitative estimate of drug-likeness (QED) is 0.0350. The summed E-state index contributed by atoms with van der Waals surface area (Å²) in [6, 6.07) is -0.970. The van der Waals surface area contributed by atoms with Gasteiger partial charge in [-0.05, 0) is 32.2 Å². The highest BCUT2D eigenvalue weighted by atomic mass is 31.2. The van der Waals surface area contributed by atoms with E-state index in [-0.39, 0.29) is 45.8 Å². The van der Waals surface area contributed by atoms with Gasteiger partial charge in [0, 0.05) is 72.1 Å². The summed E-state index contributed by atoms with van der Waals surface area (Å²) >= 11 is 0. The van der Waals surface area contributed by atoms with Crippen LogP contribution in [0.4, 0.5) is 0 Å². The van der Waals surface area contributed by atoms with Crippen LogP contribution in [0.15, 0.2) is 0 Å². The van der Waals surface area contributed by atoms with Gasteiger partial charge in [-0.3, -0.25) is 52.7 Å². The standard InChI is InChI=1S/C29H58N8O14P2/c1-2-33-9-11-34(13-14-36(21-28(43)44)16-15-35(12-10-33)20-27(41)42)19-26(40)32-24(29(45)31-8-5-17-38)6-3-4-7-30-25(39)18-37(22-52(46,47)48)23-53(49,50)51/h24,38H,2-23H2,1H3,(H,30,39)(H,31,45)(H,32,40)(H,41,42)(H,43,44)(H2,46,47,48)(H2,49,50,51)/t24-/m1/s1. The molecule has 0 aromatic rings. The van der Waals surface area contributed by atoms with Crippen molar-refractivity contribution >= 4 is 44.9 Å². The molecule has 1 aliphatic heterocycles. The van der Waals surface area contributed by atoms with Crippen LogP contribution in [0.3, 0.4) is 0 Å². The van der Waals surface area contributed by atoms with Gasteiger partial charge >= 0.3 is 27.1 Å². The van der Waals surface area contributed by atoms with Crippen molar-refractivity contribution in [1.82, 2.24) is 40.4 Å². The van der Waals surface area contributed by atoms with Crippen molar-refractivity contribution in [2.45, 2.75) is 38.6 Å². The first kappa shape index (κ1) is 48.4. The fourth-order valence-electron chi connectivity index (χ4n) is 5.50. The van der Waals surface area contributed by atoms with Crippen LogP contribution in [0.1, 0.15) is 32.6 Å². The van der Waals surface area contributed by atoms with E-state index in [2.05, 4.69) is 20.9 Å². The molecule has 0 aromatic carbocycles. The van der Waals surface area contributed by atoms with Crippen molar-refractivity contribution in [1.29, 1.82) is 0 Å². The molecule has 1 fully saturated rings. The predicted octanol–water partition coefficient (Wildman–Crippen LogP) is -3.76. The van der Waals surface area contributed by atoms with E-state index >= 15 is 0 Å². The van der Waals surface area contributed by atoms with Gasteiger partial charge in [0.15, 0.2) is 0 Å². The number of hydrogen-bond donors (Lipinski definition) is 10. The molecule has 308 valence electrons. The molecular weight excluding hydrogens is 746 g/mol. The summed E-state index contributed by atoms with van der Waals surface area (Å²) in [5.41, 5.74) is 0. The zero-order valence-corrected chi connectivity index (χ0v) is 32.0. The van der Waals surface area contributed by atoms with E-state index in [1.165, 1.54) is 0 Å². The van der Waals surface area contributed by atoms with Crippen molar-refractivity contribution in [3.8, 4) is 0 Å². The lowest BCUT2D eigenvalue weighted by molar-refractivity contribution is -0.140. The van der Waals surface area contributed by atoms with E-state index < -0.39 is 70.0 Å². The number of likely N-dealkylation sites (N-methyl/N-ethyl adjacent to an activating group) is 1. The molecule has 1 rings (SSSR count). The van der Waals surface area contributed by atoms with Gasteiger partial charge in [-0.2, -0.15) is 0 Å². The molecule has 0 bridgehead atoms. The number of amides is 3. The molecule has 1 saturated heterocycles. The summed E-state index contributed by atoms with van der Waals surface area (Å²) in [5, 5.41) is 35.8. The highest BCUT2D eigenvalue weighted by Crippen LogP contribution is 2.40. The molecule has 1 aliphatic rings. The van der Waals surface area contributed by atoms with Crippen LogP contribution >= 0.6 is 15.2 Å². The number of carboxylic acids is 2. The average molecular weight is 805 g/mol. The third kappa shape index (κ3) is 25.2. The van der Waals surface area contributed by atoms with Gasteiger partial charge in [0.05, 0.1) is 26.2 Å². The van der Waals surface area contributed by atoms with E-state index in [1.54, 1.807) is 9.80 Å².